The van der Waals surface area contributed by atoms with E-state index in [1.807, 2.05) is 0 Å². The van der Waals surface area contributed by atoms with Crippen molar-refractivity contribution in [1.82, 2.24) is 0 Å². The topological polar surface area (TPSA) is 93.1 Å². The van der Waals surface area contributed by atoms with E-state index in [1.165, 1.54) is 14.2 Å². The second-order valence-corrected chi connectivity index (χ2v) is 5.15. The number of carbonyl (C=O) groups is 1. The maximum absolute atomic E-state index is 11.1. The number of ketones is 1. The lowest BCUT2D eigenvalue weighted by molar-refractivity contribution is -0.117. The van der Waals surface area contributed by atoms with Crippen LogP contribution in [0.3, 0.4) is 0 Å². The van der Waals surface area contributed by atoms with Crippen molar-refractivity contribution in [2.75, 3.05) is 20.4 Å². The molecule has 0 aliphatic rings. The van der Waals surface area contributed by atoms with Crippen LogP contribution in [0.4, 0.5) is 0 Å². The van der Waals surface area contributed by atoms with Gasteiger partial charge in [-0.3, -0.25) is 9.36 Å². The third-order valence-electron chi connectivity index (χ3n) is 2.05. The van der Waals surface area contributed by atoms with Gasteiger partial charge in [-0.05, 0) is 19.3 Å². The third-order valence-corrected chi connectivity index (χ3v) is 2.82. The van der Waals surface area contributed by atoms with E-state index in [0.29, 0.717) is 12.8 Å². The monoisotopic (exact) mass is 254 g/mol. The molecule has 0 spiro atoms. The molecule has 0 aliphatic heterocycles. The summed E-state index contributed by atoms with van der Waals surface area (Å²) in [6, 6.07) is 0. The highest BCUT2D eigenvalue weighted by Gasteiger charge is 2.18. The fourth-order valence-corrected chi connectivity index (χ4v) is 1.89. The van der Waals surface area contributed by atoms with E-state index in [1.54, 1.807) is 0 Å². The van der Waals surface area contributed by atoms with Crippen molar-refractivity contribution in [3.63, 3.8) is 0 Å². The molecule has 96 valence electrons. The number of Topliss-reactive ketones (excluding diaryl/α,β-unsaturated/α-hetero) is 1. The lowest BCUT2D eigenvalue weighted by atomic mass is 10.1. The Morgan fingerprint density at radius 3 is 2.25 bits per heavy atom. The molecule has 0 saturated heterocycles. The summed E-state index contributed by atoms with van der Waals surface area (Å²) in [6.07, 6.45) is 1.21. The van der Waals surface area contributed by atoms with Gasteiger partial charge in [-0.25, -0.2) is 0 Å². The Morgan fingerprint density at radius 1 is 1.25 bits per heavy atom. The highest BCUT2D eigenvalue weighted by atomic mass is 31.2. The molecule has 0 atom stereocenters. The number of methoxy groups -OCH3 is 2. The number of hydrogen-bond donors (Lipinski definition) is 2. The summed E-state index contributed by atoms with van der Waals surface area (Å²) >= 11 is 0. The molecule has 0 amide bonds. The molecule has 0 unspecified atom stereocenters. The summed E-state index contributed by atoms with van der Waals surface area (Å²) in [5.74, 6) is -0.403. The van der Waals surface area contributed by atoms with Crippen LogP contribution >= 0.6 is 7.60 Å². The van der Waals surface area contributed by atoms with Crippen molar-refractivity contribution in [2.24, 2.45) is 0 Å². The lowest BCUT2D eigenvalue weighted by Gasteiger charge is -2.12. The Kier molecular flexibility index (Phi) is 7.80. The van der Waals surface area contributed by atoms with E-state index in [-0.39, 0.29) is 12.7 Å². The normalized spacial score (nSPS) is 12.1. The molecule has 0 aliphatic carbocycles. The number of unbranched alkanes of at least 4 members (excludes halogenated alkanes) is 1. The Bertz CT molecular complexity index is 244. The second kappa shape index (κ2) is 7.92. The smallest absolute Gasteiger partial charge is 0.332 e. The number of ether oxygens (including phenoxy) is 2. The molecule has 7 heteroatoms. The van der Waals surface area contributed by atoms with E-state index in [9.17, 15) is 9.36 Å². The first kappa shape index (κ1) is 15.7. The van der Waals surface area contributed by atoms with Crippen molar-refractivity contribution in [3.8, 4) is 0 Å². The average molecular weight is 254 g/mol. The van der Waals surface area contributed by atoms with E-state index >= 15 is 0 Å². The molecule has 0 rings (SSSR count). The molecule has 0 aromatic rings. The van der Waals surface area contributed by atoms with Crippen LogP contribution < -0.4 is 0 Å². The summed E-state index contributed by atoms with van der Waals surface area (Å²) in [5, 5.41) is 0. The Balaban J connectivity index is 3.59. The van der Waals surface area contributed by atoms with Crippen LogP contribution in [0.25, 0.3) is 0 Å². The van der Waals surface area contributed by atoms with Crippen LogP contribution in [-0.4, -0.2) is 42.2 Å². The summed E-state index contributed by atoms with van der Waals surface area (Å²) in [4.78, 5) is 28.2. The Hall–Kier alpha value is -0.260. The summed E-state index contributed by atoms with van der Waals surface area (Å²) < 4.78 is 20.4. The first-order chi connectivity index (χ1) is 7.39. The van der Waals surface area contributed by atoms with E-state index in [0.717, 1.165) is 6.42 Å². The molecule has 0 heterocycles. The van der Waals surface area contributed by atoms with Crippen LogP contribution in [0.5, 0.6) is 0 Å². The van der Waals surface area contributed by atoms with Gasteiger partial charge in [-0.2, -0.15) is 0 Å². The standard InChI is InChI=1S/C9H19O6P/c1-14-9(15-2)6-4-3-5-8(10)7-16(11,12)13/h9H,3-7H2,1-2H3,(H2,11,12,13). The van der Waals surface area contributed by atoms with Crippen LogP contribution in [0.2, 0.25) is 0 Å². The SMILES string of the molecule is COC(CCCCC(=O)CP(=O)(O)O)OC. The van der Waals surface area contributed by atoms with Gasteiger partial charge in [0.1, 0.15) is 11.9 Å². The zero-order valence-corrected chi connectivity index (χ0v) is 10.5. The summed E-state index contributed by atoms with van der Waals surface area (Å²) in [7, 11) is -1.13. The van der Waals surface area contributed by atoms with Crippen molar-refractivity contribution in [2.45, 2.75) is 32.0 Å². The van der Waals surface area contributed by atoms with Gasteiger partial charge >= 0.3 is 7.60 Å². The highest BCUT2D eigenvalue weighted by molar-refractivity contribution is 7.52. The summed E-state index contributed by atoms with van der Waals surface area (Å²) in [6.45, 7) is 0. The van der Waals surface area contributed by atoms with Crippen LogP contribution in [0.15, 0.2) is 0 Å². The third kappa shape index (κ3) is 9.00. The van der Waals surface area contributed by atoms with E-state index in [4.69, 9.17) is 19.3 Å². The lowest BCUT2D eigenvalue weighted by Crippen LogP contribution is -2.12. The molecule has 0 aromatic heterocycles. The molecule has 0 aromatic carbocycles. The number of hydrogen-bond acceptors (Lipinski definition) is 4. The predicted octanol–water partition coefficient (Wildman–Crippen LogP) is 0.912. The zero-order valence-electron chi connectivity index (χ0n) is 9.59. The van der Waals surface area contributed by atoms with E-state index < -0.39 is 19.5 Å². The molecule has 16 heavy (non-hydrogen) atoms. The molecule has 2 N–H and O–H groups in total. The fraction of sp³-hybridized carbons (Fsp3) is 0.889. The molecule has 0 fully saturated rings. The van der Waals surface area contributed by atoms with Crippen LogP contribution in [0.1, 0.15) is 25.7 Å². The quantitative estimate of drug-likeness (QED) is 0.361. The van der Waals surface area contributed by atoms with Gasteiger partial charge in [0.25, 0.3) is 0 Å². The predicted molar refractivity (Wildman–Crippen MR) is 58.2 cm³/mol. The van der Waals surface area contributed by atoms with E-state index in [2.05, 4.69) is 0 Å². The molecule has 6 nitrogen and oxygen atoms in total. The average Bonchev–Trinajstić information content (AvgIpc) is 2.15. The van der Waals surface area contributed by atoms with Gasteiger partial charge in [0.2, 0.25) is 0 Å². The zero-order chi connectivity index (χ0) is 12.6. The minimum absolute atomic E-state index is 0.186. The molecule has 0 saturated carbocycles. The van der Waals surface area contributed by atoms with Gasteiger partial charge in [0.15, 0.2) is 6.29 Å². The molecule has 0 bridgehead atoms. The number of carbonyl (C=O) groups excluding carboxylic acids is 1. The Labute approximate surface area is 95.1 Å². The van der Waals surface area contributed by atoms with Crippen molar-refractivity contribution in [1.29, 1.82) is 0 Å². The first-order valence-corrected chi connectivity index (χ1v) is 6.80. The maximum atomic E-state index is 11.1. The van der Waals surface area contributed by atoms with Gasteiger partial charge in [-0.15, -0.1) is 0 Å². The first-order valence-electron chi connectivity index (χ1n) is 5.01. The molecular weight excluding hydrogens is 235 g/mol. The van der Waals surface area contributed by atoms with Gasteiger partial charge in [0, 0.05) is 20.6 Å². The second-order valence-electron chi connectivity index (χ2n) is 3.51. The molecular formula is C9H19O6P. The van der Waals surface area contributed by atoms with Crippen LogP contribution in [-0.2, 0) is 18.8 Å². The van der Waals surface area contributed by atoms with Crippen molar-refractivity contribution >= 4 is 13.4 Å². The molecule has 0 radical (unpaired) electrons. The fourth-order valence-electron chi connectivity index (χ4n) is 1.27. The van der Waals surface area contributed by atoms with Crippen molar-refractivity contribution < 1.29 is 28.6 Å². The van der Waals surface area contributed by atoms with Gasteiger partial charge in [0.05, 0.1) is 0 Å². The van der Waals surface area contributed by atoms with Gasteiger partial charge in [-0.1, -0.05) is 0 Å². The maximum Gasteiger partial charge on any atom is 0.332 e. The minimum Gasteiger partial charge on any atom is -0.356 e. The number of rotatable bonds is 9. The largest absolute Gasteiger partial charge is 0.356 e. The van der Waals surface area contributed by atoms with Crippen molar-refractivity contribution in [3.05, 3.63) is 0 Å². The minimum atomic E-state index is -4.20. The Morgan fingerprint density at radius 2 is 1.81 bits per heavy atom. The summed E-state index contributed by atoms with van der Waals surface area (Å²) in [5.41, 5.74) is 0. The highest BCUT2D eigenvalue weighted by Crippen LogP contribution is 2.34. The van der Waals surface area contributed by atoms with Gasteiger partial charge < -0.3 is 19.3 Å². The van der Waals surface area contributed by atoms with Crippen LogP contribution in [0, 0.1) is 0 Å².